The second kappa shape index (κ2) is 9.67. The number of hydrogen-bond acceptors (Lipinski definition) is 5. The van der Waals surface area contributed by atoms with Crippen LogP contribution in [0.3, 0.4) is 0 Å². The fourth-order valence-electron chi connectivity index (χ4n) is 4.63. The monoisotopic (exact) mass is 402 g/mol. The Kier molecular flexibility index (Phi) is 6.77. The molecule has 7 nitrogen and oxygen atoms in total. The topological polar surface area (TPSA) is 81.3 Å². The van der Waals surface area contributed by atoms with E-state index in [4.69, 9.17) is 24.9 Å². The smallest absolute Gasteiger partial charge is 0.231 e. The molecule has 7 heteroatoms. The highest BCUT2D eigenvalue weighted by molar-refractivity contribution is 5.77. The molecule has 29 heavy (non-hydrogen) atoms. The van der Waals surface area contributed by atoms with E-state index in [9.17, 15) is 0 Å². The van der Waals surface area contributed by atoms with E-state index < -0.39 is 0 Å². The predicted molar refractivity (Wildman–Crippen MR) is 114 cm³/mol. The SMILES string of the molecule is NC(=NCC1(c2ccc3c(c2)OCO3)CCCCC1)NCCCN1CCOCC1. The molecule has 0 aromatic heterocycles. The van der Waals surface area contributed by atoms with E-state index in [-0.39, 0.29) is 5.41 Å². The van der Waals surface area contributed by atoms with Gasteiger partial charge in [-0.1, -0.05) is 25.3 Å². The predicted octanol–water partition coefficient (Wildman–Crippen LogP) is 2.24. The normalized spacial score (nSPS) is 21.9. The average Bonchev–Trinajstić information content (AvgIpc) is 3.25. The van der Waals surface area contributed by atoms with E-state index in [2.05, 4.69) is 22.3 Å². The summed E-state index contributed by atoms with van der Waals surface area (Å²) in [5, 5.41) is 3.30. The quantitative estimate of drug-likeness (QED) is 0.414. The number of nitrogens with zero attached hydrogens (tertiary/aromatic N) is 2. The van der Waals surface area contributed by atoms with Crippen molar-refractivity contribution in [1.29, 1.82) is 0 Å². The number of nitrogens with one attached hydrogen (secondary N) is 1. The first-order chi connectivity index (χ1) is 14.3. The van der Waals surface area contributed by atoms with Crippen LogP contribution < -0.4 is 20.5 Å². The van der Waals surface area contributed by atoms with Crippen molar-refractivity contribution in [3.63, 3.8) is 0 Å². The van der Waals surface area contributed by atoms with Gasteiger partial charge in [-0.25, -0.2) is 0 Å². The van der Waals surface area contributed by atoms with Crippen LogP contribution in [0.4, 0.5) is 0 Å². The Hall–Kier alpha value is -1.99. The second-order valence-electron chi connectivity index (χ2n) is 8.34. The molecule has 0 unspecified atom stereocenters. The summed E-state index contributed by atoms with van der Waals surface area (Å²) in [5.74, 6) is 2.24. The maximum absolute atomic E-state index is 6.20. The standard InChI is InChI=1S/C22H34N4O3/c23-21(24-9-4-10-26-11-13-27-14-12-26)25-16-22(7-2-1-3-8-22)18-5-6-19-20(15-18)29-17-28-19/h5-6,15H,1-4,7-14,16-17H2,(H3,23,24,25). The van der Waals surface area contributed by atoms with E-state index in [1.807, 2.05) is 6.07 Å². The molecule has 0 atom stereocenters. The molecule has 1 saturated heterocycles. The summed E-state index contributed by atoms with van der Waals surface area (Å²) >= 11 is 0. The van der Waals surface area contributed by atoms with Crippen LogP contribution in [0, 0.1) is 0 Å². The molecule has 1 saturated carbocycles. The highest BCUT2D eigenvalue weighted by Crippen LogP contribution is 2.43. The van der Waals surface area contributed by atoms with Crippen LogP contribution in [-0.2, 0) is 10.2 Å². The maximum atomic E-state index is 6.20. The van der Waals surface area contributed by atoms with Crippen LogP contribution in [0.1, 0.15) is 44.1 Å². The Balaban J connectivity index is 1.32. The fourth-order valence-corrected chi connectivity index (χ4v) is 4.63. The number of ether oxygens (including phenoxy) is 3. The van der Waals surface area contributed by atoms with Gasteiger partial charge in [0.25, 0.3) is 0 Å². The Morgan fingerprint density at radius 2 is 1.90 bits per heavy atom. The van der Waals surface area contributed by atoms with Gasteiger partial charge in [0.1, 0.15) is 0 Å². The lowest BCUT2D eigenvalue weighted by Crippen LogP contribution is -2.40. The Morgan fingerprint density at radius 1 is 1.10 bits per heavy atom. The van der Waals surface area contributed by atoms with Crippen LogP contribution in [-0.4, -0.2) is 63.6 Å². The molecule has 160 valence electrons. The van der Waals surface area contributed by atoms with Gasteiger partial charge in [-0.15, -0.1) is 0 Å². The number of morpholine rings is 1. The van der Waals surface area contributed by atoms with Crippen LogP contribution in [0.5, 0.6) is 11.5 Å². The van der Waals surface area contributed by atoms with Crippen molar-refractivity contribution >= 4 is 5.96 Å². The molecule has 3 aliphatic rings. The molecule has 1 aromatic carbocycles. The van der Waals surface area contributed by atoms with E-state index >= 15 is 0 Å². The molecule has 2 fully saturated rings. The summed E-state index contributed by atoms with van der Waals surface area (Å²) in [6.07, 6.45) is 7.10. The Labute approximate surface area is 173 Å². The zero-order valence-corrected chi connectivity index (χ0v) is 17.3. The second-order valence-corrected chi connectivity index (χ2v) is 8.34. The summed E-state index contributed by atoms with van der Waals surface area (Å²) in [7, 11) is 0. The lowest BCUT2D eigenvalue weighted by Gasteiger charge is -2.36. The average molecular weight is 403 g/mol. The van der Waals surface area contributed by atoms with Crippen molar-refractivity contribution in [2.24, 2.45) is 10.7 Å². The third-order valence-electron chi connectivity index (χ3n) is 6.41. The first-order valence-electron chi connectivity index (χ1n) is 11.0. The first-order valence-corrected chi connectivity index (χ1v) is 11.0. The van der Waals surface area contributed by atoms with Crippen molar-refractivity contribution in [2.75, 3.05) is 52.7 Å². The minimum atomic E-state index is 0.0410. The molecule has 2 aliphatic heterocycles. The maximum Gasteiger partial charge on any atom is 0.231 e. The third kappa shape index (κ3) is 5.14. The molecular weight excluding hydrogens is 368 g/mol. The molecule has 0 spiro atoms. The molecule has 0 radical (unpaired) electrons. The molecule has 3 N–H and O–H groups in total. The fraction of sp³-hybridized carbons (Fsp3) is 0.682. The number of guanidine groups is 1. The summed E-state index contributed by atoms with van der Waals surface area (Å²) in [4.78, 5) is 7.19. The van der Waals surface area contributed by atoms with Crippen LogP contribution in [0.25, 0.3) is 0 Å². The summed E-state index contributed by atoms with van der Waals surface area (Å²) in [6, 6.07) is 6.36. The van der Waals surface area contributed by atoms with Gasteiger partial charge in [-0.05, 0) is 43.5 Å². The van der Waals surface area contributed by atoms with Gasteiger partial charge in [-0.2, -0.15) is 0 Å². The van der Waals surface area contributed by atoms with Crippen LogP contribution >= 0.6 is 0 Å². The zero-order valence-electron chi connectivity index (χ0n) is 17.3. The van der Waals surface area contributed by atoms with Gasteiger partial charge >= 0.3 is 0 Å². The Morgan fingerprint density at radius 3 is 2.72 bits per heavy atom. The summed E-state index contributed by atoms with van der Waals surface area (Å²) in [6.45, 7) is 6.70. The van der Waals surface area contributed by atoms with Gasteiger partial charge in [0.15, 0.2) is 17.5 Å². The van der Waals surface area contributed by atoms with E-state index in [1.165, 1.54) is 24.8 Å². The van der Waals surface area contributed by atoms with Crippen molar-refractivity contribution in [3.05, 3.63) is 23.8 Å². The molecule has 1 aliphatic carbocycles. The number of aliphatic imine (C=N–C) groups is 1. The summed E-state index contributed by atoms with van der Waals surface area (Å²) in [5.41, 5.74) is 7.54. The molecule has 2 heterocycles. The van der Waals surface area contributed by atoms with Crippen LogP contribution in [0.2, 0.25) is 0 Å². The van der Waals surface area contributed by atoms with Crippen molar-refractivity contribution in [2.45, 2.75) is 43.9 Å². The third-order valence-corrected chi connectivity index (χ3v) is 6.41. The van der Waals surface area contributed by atoms with E-state index in [0.717, 1.165) is 76.7 Å². The lowest BCUT2D eigenvalue weighted by molar-refractivity contribution is 0.0376. The Bertz CT molecular complexity index is 697. The largest absolute Gasteiger partial charge is 0.454 e. The van der Waals surface area contributed by atoms with Gasteiger partial charge in [0, 0.05) is 25.0 Å². The minimum Gasteiger partial charge on any atom is -0.454 e. The molecule has 1 aromatic rings. The number of hydrogen-bond donors (Lipinski definition) is 2. The molecule has 0 bridgehead atoms. The number of nitrogens with two attached hydrogens (primary N) is 1. The van der Waals surface area contributed by atoms with Gasteiger partial charge in [0.05, 0.1) is 19.8 Å². The molecule has 4 rings (SSSR count). The number of rotatable bonds is 7. The van der Waals surface area contributed by atoms with E-state index in [0.29, 0.717) is 12.8 Å². The van der Waals surface area contributed by atoms with Crippen molar-refractivity contribution < 1.29 is 14.2 Å². The minimum absolute atomic E-state index is 0.0410. The number of fused-ring (bicyclic) bond motifs is 1. The highest BCUT2D eigenvalue weighted by Gasteiger charge is 2.35. The first kappa shape index (κ1) is 20.3. The van der Waals surface area contributed by atoms with E-state index in [1.54, 1.807) is 0 Å². The van der Waals surface area contributed by atoms with Crippen molar-refractivity contribution in [1.82, 2.24) is 10.2 Å². The van der Waals surface area contributed by atoms with Crippen molar-refractivity contribution in [3.8, 4) is 11.5 Å². The van der Waals surface area contributed by atoms with Gasteiger partial charge in [0.2, 0.25) is 6.79 Å². The van der Waals surface area contributed by atoms with Gasteiger partial charge in [-0.3, -0.25) is 9.89 Å². The van der Waals surface area contributed by atoms with Gasteiger partial charge < -0.3 is 25.3 Å². The molecule has 0 amide bonds. The lowest BCUT2D eigenvalue weighted by atomic mass is 9.69. The van der Waals surface area contributed by atoms with Crippen LogP contribution in [0.15, 0.2) is 23.2 Å². The summed E-state index contributed by atoms with van der Waals surface area (Å²) < 4.78 is 16.5. The molecular formula is C22H34N4O3. The number of benzene rings is 1. The highest BCUT2D eigenvalue weighted by atomic mass is 16.7. The zero-order chi connectivity index (χ0) is 19.9.